The molecule has 0 aromatic heterocycles. The molecule has 0 saturated carbocycles. The van der Waals surface area contributed by atoms with Crippen molar-refractivity contribution in [3.8, 4) is 5.75 Å². The van der Waals surface area contributed by atoms with Gasteiger partial charge in [0.05, 0.1) is 10.0 Å². The van der Waals surface area contributed by atoms with Crippen molar-refractivity contribution in [2.24, 2.45) is 5.92 Å². The summed E-state index contributed by atoms with van der Waals surface area (Å²) in [4.78, 5) is 14.0. The van der Waals surface area contributed by atoms with E-state index in [1.54, 1.807) is 18.2 Å². The highest BCUT2D eigenvalue weighted by atomic mass is 35.5. The van der Waals surface area contributed by atoms with Crippen molar-refractivity contribution in [1.29, 1.82) is 0 Å². The maximum Gasteiger partial charge on any atom is 0.260 e. The van der Waals surface area contributed by atoms with Crippen LogP contribution < -0.4 is 10.1 Å². The minimum absolute atomic E-state index is 0. The number of amides is 1. The van der Waals surface area contributed by atoms with Crippen LogP contribution >= 0.6 is 35.6 Å². The molecule has 0 unspecified atom stereocenters. The summed E-state index contributed by atoms with van der Waals surface area (Å²) in [6.07, 6.45) is 2.09. The Morgan fingerprint density at radius 2 is 2.00 bits per heavy atom. The average Bonchev–Trinajstić information content (AvgIpc) is 2.54. The number of nitrogens with zero attached hydrogens (tertiary/aromatic N) is 1. The highest BCUT2D eigenvalue weighted by Gasteiger charge is 2.22. The molecule has 1 aromatic rings. The molecule has 1 aliphatic heterocycles. The van der Waals surface area contributed by atoms with E-state index in [-0.39, 0.29) is 24.9 Å². The molecule has 0 bridgehead atoms. The lowest BCUT2D eigenvalue weighted by Crippen LogP contribution is -2.42. The second-order valence-corrected chi connectivity index (χ2v) is 6.31. The van der Waals surface area contributed by atoms with E-state index in [9.17, 15) is 4.79 Å². The topological polar surface area (TPSA) is 41.6 Å². The molecule has 1 fully saturated rings. The first-order valence-corrected chi connectivity index (χ1v) is 8.42. The van der Waals surface area contributed by atoms with Gasteiger partial charge >= 0.3 is 0 Å². The SMILES string of the molecule is CCNCC1CCN(C(=O)COc2ccc(Cl)c(Cl)c2)CC1.Cl. The molecular weight excluding hydrogens is 359 g/mol. The van der Waals surface area contributed by atoms with Crippen molar-refractivity contribution in [3.05, 3.63) is 28.2 Å². The van der Waals surface area contributed by atoms with Crippen LogP contribution in [0.15, 0.2) is 18.2 Å². The van der Waals surface area contributed by atoms with Crippen molar-refractivity contribution in [2.75, 3.05) is 32.8 Å². The van der Waals surface area contributed by atoms with Crippen LogP contribution in [0.2, 0.25) is 10.0 Å². The molecule has 1 heterocycles. The number of carbonyl (C=O) groups is 1. The van der Waals surface area contributed by atoms with Crippen molar-refractivity contribution in [2.45, 2.75) is 19.8 Å². The van der Waals surface area contributed by atoms with Gasteiger partial charge in [-0.05, 0) is 44.0 Å². The van der Waals surface area contributed by atoms with E-state index in [1.165, 1.54) is 0 Å². The van der Waals surface area contributed by atoms with Gasteiger partial charge in [0, 0.05) is 19.2 Å². The molecule has 1 saturated heterocycles. The number of likely N-dealkylation sites (tertiary alicyclic amines) is 1. The van der Waals surface area contributed by atoms with Crippen molar-refractivity contribution in [1.82, 2.24) is 10.2 Å². The summed E-state index contributed by atoms with van der Waals surface area (Å²) in [5.74, 6) is 1.25. The van der Waals surface area contributed by atoms with Crippen LogP contribution in [0, 0.1) is 5.92 Å². The summed E-state index contributed by atoms with van der Waals surface area (Å²) < 4.78 is 5.50. The van der Waals surface area contributed by atoms with Crippen molar-refractivity contribution < 1.29 is 9.53 Å². The Hall–Kier alpha value is -0.680. The van der Waals surface area contributed by atoms with Gasteiger partial charge < -0.3 is 15.0 Å². The summed E-state index contributed by atoms with van der Waals surface area (Å²) in [5.41, 5.74) is 0. The molecule has 2 rings (SSSR count). The minimum atomic E-state index is 0. The Bertz CT molecular complexity index is 506. The second-order valence-electron chi connectivity index (χ2n) is 5.50. The Labute approximate surface area is 153 Å². The van der Waals surface area contributed by atoms with Gasteiger partial charge in [-0.25, -0.2) is 0 Å². The van der Waals surface area contributed by atoms with Crippen LogP contribution in [-0.4, -0.2) is 43.6 Å². The van der Waals surface area contributed by atoms with E-state index < -0.39 is 0 Å². The molecule has 1 N–H and O–H groups in total. The summed E-state index contributed by atoms with van der Waals surface area (Å²) in [6, 6.07) is 5.00. The summed E-state index contributed by atoms with van der Waals surface area (Å²) >= 11 is 11.8. The quantitative estimate of drug-likeness (QED) is 0.818. The van der Waals surface area contributed by atoms with Gasteiger partial charge in [-0.15, -0.1) is 12.4 Å². The lowest BCUT2D eigenvalue weighted by molar-refractivity contribution is -0.134. The van der Waals surface area contributed by atoms with E-state index in [4.69, 9.17) is 27.9 Å². The molecule has 23 heavy (non-hydrogen) atoms. The van der Waals surface area contributed by atoms with Gasteiger partial charge in [0.2, 0.25) is 0 Å². The molecule has 0 spiro atoms. The Balaban J connectivity index is 0.00000264. The normalized spacial score (nSPS) is 15.2. The third-order valence-corrected chi connectivity index (χ3v) is 4.64. The molecule has 4 nitrogen and oxygen atoms in total. The fraction of sp³-hybridized carbons (Fsp3) is 0.562. The van der Waals surface area contributed by atoms with Crippen molar-refractivity contribution in [3.63, 3.8) is 0 Å². The zero-order chi connectivity index (χ0) is 15.9. The average molecular weight is 382 g/mol. The van der Waals surface area contributed by atoms with Crippen LogP contribution in [0.1, 0.15) is 19.8 Å². The van der Waals surface area contributed by atoms with E-state index in [0.29, 0.717) is 21.7 Å². The monoisotopic (exact) mass is 380 g/mol. The van der Waals surface area contributed by atoms with Crippen molar-refractivity contribution >= 4 is 41.5 Å². The van der Waals surface area contributed by atoms with Crippen LogP contribution in [0.5, 0.6) is 5.75 Å². The van der Waals surface area contributed by atoms with Gasteiger partial charge in [0.25, 0.3) is 5.91 Å². The molecule has 1 amide bonds. The Kier molecular flexibility index (Phi) is 9.07. The molecule has 0 atom stereocenters. The lowest BCUT2D eigenvalue weighted by atomic mass is 9.97. The fourth-order valence-electron chi connectivity index (χ4n) is 2.54. The zero-order valence-electron chi connectivity index (χ0n) is 13.2. The van der Waals surface area contributed by atoms with E-state index in [2.05, 4.69) is 12.2 Å². The van der Waals surface area contributed by atoms with Gasteiger partial charge in [0.15, 0.2) is 6.61 Å². The fourth-order valence-corrected chi connectivity index (χ4v) is 2.83. The largest absolute Gasteiger partial charge is 0.484 e. The predicted molar refractivity (Wildman–Crippen MR) is 97.1 cm³/mol. The van der Waals surface area contributed by atoms with Crippen LogP contribution in [0.3, 0.4) is 0 Å². The molecule has 0 aliphatic carbocycles. The number of hydrogen-bond donors (Lipinski definition) is 1. The standard InChI is InChI=1S/C16H22Cl2N2O2.ClH/c1-2-19-10-12-5-7-20(8-6-12)16(21)11-22-13-3-4-14(17)15(18)9-13;/h3-4,9,12,19H,2,5-8,10-11H2,1H3;1H. The number of piperidine rings is 1. The highest BCUT2D eigenvalue weighted by molar-refractivity contribution is 6.42. The smallest absolute Gasteiger partial charge is 0.260 e. The van der Waals surface area contributed by atoms with Gasteiger partial charge in [0.1, 0.15) is 5.75 Å². The molecular formula is C16H23Cl3N2O2. The predicted octanol–water partition coefficient (Wildman–Crippen LogP) is 3.64. The molecule has 0 radical (unpaired) electrons. The Morgan fingerprint density at radius 1 is 1.30 bits per heavy atom. The maximum atomic E-state index is 12.2. The number of carbonyl (C=O) groups excluding carboxylic acids is 1. The summed E-state index contributed by atoms with van der Waals surface area (Å²) in [5, 5.41) is 4.27. The zero-order valence-corrected chi connectivity index (χ0v) is 15.5. The van der Waals surface area contributed by atoms with E-state index >= 15 is 0 Å². The number of nitrogens with one attached hydrogen (secondary N) is 1. The maximum absolute atomic E-state index is 12.2. The summed E-state index contributed by atoms with van der Waals surface area (Å²) in [6.45, 7) is 5.79. The summed E-state index contributed by atoms with van der Waals surface area (Å²) in [7, 11) is 0. The number of ether oxygens (including phenoxy) is 1. The highest BCUT2D eigenvalue weighted by Crippen LogP contribution is 2.26. The van der Waals surface area contributed by atoms with Crippen LogP contribution in [0.25, 0.3) is 0 Å². The van der Waals surface area contributed by atoms with E-state index in [0.717, 1.165) is 39.0 Å². The minimum Gasteiger partial charge on any atom is -0.484 e. The van der Waals surface area contributed by atoms with Gasteiger partial charge in [-0.2, -0.15) is 0 Å². The van der Waals surface area contributed by atoms with Crippen LogP contribution in [0.4, 0.5) is 0 Å². The molecule has 130 valence electrons. The second kappa shape index (κ2) is 10.2. The number of rotatable bonds is 6. The Morgan fingerprint density at radius 3 is 2.61 bits per heavy atom. The van der Waals surface area contributed by atoms with Gasteiger partial charge in [-0.1, -0.05) is 30.1 Å². The number of halogens is 3. The van der Waals surface area contributed by atoms with Gasteiger partial charge in [-0.3, -0.25) is 4.79 Å². The number of hydrogen-bond acceptors (Lipinski definition) is 3. The molecule has 1 aliphatic rings. The van der Waals surface area contributed by atoms with Crippen LogP contribution in [-0.2, 0) is 4.79 Å². The first kappa shape index (κ1) is 20.4. The third-order valence-electron chi connectivity index (χ3n) is 3.90. The first-order chi connectivity index (χ1) is 10.6. The molecule has 7 heteroatoms. The lowest BCUT2D eigenvalue weighted by Gasteiger charge is -2.32. The third kappa shape index (κ3) is 6.38. The van der Waals surface area contributed by atoms with E-state index in [1.807, 2.05) is 4.90 Å². The number of benzene rings is 1. The molecule has 1 aromatic carbocycles. The first-order valence-electron chi connectivity index (χ1n) is 7.66.